The Morgan fingerprint density at radius 3 is 3.05 bits per heavy atom. The second-order valence-electron chi connectivity index (χ2n) is 5.42. The van der Waals surface area contributed by atoms with E-state index in [1.165, 1.54) is 30.7 Å². The predicted molar refractivity (Wildman–Crippen MR) is 83.3 cm³/mol. The van der Waals surface area contributed by atoms with Gasteiger partial charge in [-0.15, -0.1) is 11.3 Å². The molecular formula is C15H19ClN2S. The summed E-state index contributed by atoms with van der Waals surface area (Å²) in [6.45, 7) is 4.45. The SMILES string of the molecule is CCCC1(c2nc3cccc(Cl)c3s2)CCCNC1. The fourth-order valence-electron chi connectivity index (χ4n) is 3.09. The number of benzene rings is 1. The number of halogens is 1. The van der Waals surface area contributed by atoms with Gasteiger partial charge in [-0.05, 0) is 37.9 Å². The molecule has 2 nitrogen and oxygen atoms in total. The third kappa shape index (κ3) is 2.39. The van der Waals surface area contributed by atoms with E-state index in [1.807, 2.05) is 12.1 Å². The molecule has 4 heteroatoms. The average Bonchev–Trinajstić information content (AvgIpc) is 2.86. The van der Waals surface area contributed by atoms with E-state index in [1.54, 1.807) is 11.3 Å². The van der Waals surface area contributed by atoms with Crippen molar-refractivity contribution >= 4 is 33.2 Å². The number of hydrogen-bond donors (Lipinski definition) is 1. The van der Waals surface area contributed by atoms with Crippen LogP contribution >= 0.6 is 22.9 Å². The Kier molecular flexibility index (Phi) is 3.79. The zero-order valence-corrected chi connectivity index (χ0v) is 12.8. The number of fused-ring (bicyclic) bond motifs is 1. The number of aromatic nitrogens is 1. The molecule has 1 atom stereocenters. The highest BCUT2D eigenvalue weighted by atomic mass is 35.5. The van der Waals surface area contributed by atoms with Crippen LogP contribution in [-0.4, -0.2) is 18.1 Å². The van der Waals surface area contributed by atoms with Crippen LogP contribution in [0.15, 0.2) is 18.2 Å². The predicted octanol–water partition coefficient (Wildman–Crippen LogP) is 4.37. The first-order chi connectivity index (χ1) is 9.25. The monoisotopic (exact) mass is 294 g/mol. The van der Waals surface area contributed by atoms with Gasteiger partial charge in [-0.1, -0.05) is 31.0 Å². The fraction of sp³-hybridized carbons (Fsp3) is 0.533. The molecular weight excluding hydrogens is 276 g/mol. The summed E-state index contributed by atoms with van der Waals surface area (Å²) in [5, 5.41) is 5.65. The lowest BCUT2D eigenvalue weighted by molar-refractivity contribution is 0.290. The van der Waals surface area contributed by atoms with Gasteiger partial charge in [0.15, 0.2) is 0 Å². The maximum Gasteiger partial charge on any atom is 0.101 e. The topological polar surface area (TPSA) is 24.9 Å². The van der Waals surface area contributed by atoms with Gasteiger partial charge in [0.25, 0.3) is 0 Å². The van der Waals surface area contributed by atoms with Crippen molar-refractivity contribution in [1.82, 2.24) is 10.3 Å². The number of nitrogens with one attached hydrogen (secondary N) is 1. The van der Waals surface area contributed by atoms with Gasteiger partial charge in [-0.3, -0.25) is 0 Å². The molecule has 2 heterocycles. The van der Waals surface area contributed by atoms with Crippen molar-refractivity contribution in [3.05, 3.63) is 28.2 Å². The van der Waals surface area contributed by atoms with Gasteiger partial charge in [0, 0.05) is 12.0 Å². The van der Waals surface area contributed by atoms with E-state index < -0.39 is 0 Å². The quantitative estimate of drug-likeness (QED) is 0.909. The first-order valence-electron chi connectivity index (χ1n) is 7.01. The molecule has 0 spiro atoms. The van der Waals surface area contributed by atoms with Crippen molar-refractivity contribution in [3.8, 4) is 0 Å². The summed E-state index contributed by atoms with van der Waals surface area (Å²) in [7, 11) is 0. The average molecular weight is 295 g/mol. The maximum absolute atomic E-state index is 6.29. The molecule has 1 N–H and O–H groups in total. The second kappa shape index (κ2) is 5.39. The standard InChI is InChI=1S/C15H19ClN2S/c1-2-7-15(8-4-9-17-10-15)14-18-12-6-3-5-11(16)13(12)19-14/h3,5-6,17H,2,4,7-10H2,1H3. The third-order valence-corrected chi connectivity index (χ3v) is 5.80. The fourth-order valence-corrected chi connectivity index (χ4v) is 4.59. The minimum absolute atomic E-state index is 0.222. The van der Waals surface area contributed by atoms with E-state index in [4.69, 9.17) is 16.6 Å². The minimum Gasteiger partial charge on any atom is -0.316 e. The lowest BCUT2D eigenvalue weighted by atomic mass is 9.77. The lowest BCUT2D eigenvalue weighted by Gasteiger charge is -2.35. The Bertz CT molecular complexity index is 567. The van der Waals surface area contributed by atoms with E-state index in [0.717, 1.165) is 28.3 Å². The van der Waals surface area contributed by atoms with Crippen LogP contribution < -0.4 is 5.32 Å². The van der Waals surface area contributed by atoms with Gasteiger partial charge in [0.05, 0.1) is 15.2 Å². The molecule has 102 valence electrons. The largest absolute Gasteiger partial charge is 0.316 e. The summed E-state index contributed by atoms with van der Waals surface area (Å²) < 4.78 is 1.14. The highest BCUT2D eigenvalue weighted by molar-refractivity contribution is 7.19. The Balaban J connectivity index is 2.07. The molecule has 3 rings (SSSR count). The highest BCUT2D eigenvalue weighted by Crippen LogP contribution is 2.41. The van der Waals surface area contributed by atoms with Crippen molar-refractivity contribution in [2.45, 2.75) is 38.0 Å². The number of piperidine rings is 1. The molecule has 0 radical (unpaired) electrons. The first kappa shape index (κ1) is 13.3. The molecule has 1 aliphatic rings. The summed E-state index contributed by atoms with van der Waals surface area (Å²) >= 11 is 8.07. The van der Waals surface area contributed by atoms with Gasteiger partial charge < -0.3 is 5.32 Å². The Morgan fingerprint density at radius 1 is 1.47 bits per heavy atom. The molecule has 1 unspecified atom stereocenters. The first-order valence-corrected chi connectivity index (χ1v) is 8.21. The molecule has 0 bridgehead atoms. The zero-order chi connectivity index (χ0) is 13.3. The van der Waals surface area contributed by atoms with E-state index in [2.05, 4.69) is 18.3 Å². The van der Waals surface area contributed by atoms with E-state index in [9.17, 15) is 0 Å². The van der Waals surface area contributed by atoms with Crippen molar-refractivity contribution < 1.29 is 0 Å². The van der Waals surface area contributed by atoms with Crippen LogP contribution in [0.3, 0.4) is 0 Å². The van der Waals surface area contributed by atoms with Crippen molar-refractivity contribution in [2.75, 3.05) is 13.1 Å². The van der Waals surface area contributed by atoms with E-state index >= 15 is 0 Å². The molecule has 0 amide bonds. The van der Waals surface area contributed by atoms with Crippen LogP contribution in [0.5, 0.6) is 0 Å². The summed E-state index contributed by atoms with van der Waals surface area (Å²) in [5.41, 5.74) is 1.27. The number of rotatable bonds is 3. The Hall–Kier alpha value is -0.640. The van der Waals surface area contributed by atoms with Crippen molar-refractivity contribution in [2.24, 2.45) is 0 Å². The van der Waals surface area contributed by atoms with E-state index in [0.29, 0.717) is 0 Å². The van der Waals surface area contributed by atoms with Gasteiger partial charge in [0.2, 0.25) is 0 Å². The summed E-state index contributed by atoms with van der Waals surface area (Å²) in [6.07, 6.45) is 4.89. The van der Waals surface area contributed by atoms with Gasteiger partial charge in [-0.25, -0.2) is 4.98 Å². The van der Waals surface area contributed by atoms with Gasteiger partial charge >= 0.3 is 0 Å². The molecule has 1 fully saturated rings. The third-order valence-electron chi connectivity index (χ3n) is 4.02. The summed E-state index contributed by atoms with van der Waals surface area (Å²) in [6, 6.07) is 6.01. The Labute approximate surface area is 123 Å². The normalized spacial score (nSPS) is 23.9. The molecule has 2 aromatic rings. The molecule has 1 saturated heterocycles. The maximum atomic E-state index is 6.29. The van der Waals surface area contributed by atoms with Crippen LogP contribution in [-0.2, 0) is 5.41 Å². The number of nitrogens with zero attached hydrogens (tertiary/aromatic N) is 1. The number of hydrogen-bond acceptors (Lipinski definition) is 3. The molecule has 1 aromatic heterocycles. The number of thiazole rings is 1. The molecule has 19 heavy (non-hydrogen) atoms. The lowest BCUT2D eigenvalue weighted by Crippen LogP contribution is -2.43. The van der Waals surface area contributed by atoms with Crippen molar-refractivity contribution in [1.29, 1.82) is 0 Å². The Morgan fingerprint density at radius 2 is 2.37 bits per heavy atom. The van der Waals surface area contributed by atoms with Crippen LogP contribution in [0.4, 0.5) is 0 Å². The highest BCUT2D eigenvalue weighted by Gasteiger charge is 2.36. The van der Waals surface area contributed by atoms with Crippen LogP contribution in [0.1, 0.15) is 37.6 Å². The van der Waals surface area contributed by atoms with E-state index in [-0.39, 0.29) is 5.41 Å². The minimum atomic E-state index is 0.222. The summed E-state index contributed by atoms with van der Waals surface area (Å²) in [5.74, 6) is 0. The molecule has 0 aliphatic carbocycles. The van der Waals surface area contributed by atoms with Crippen LogP contribution in [0, 0.1) is 0 Å². The molecule has 1 aromatic carbocycles. The van der Waals surface area contributed by atoms with Crippen molar-refractivity contribution in [3.63, 3.8) is 0 Å². The second-order valence-corrected chi connectivity index (χ2v) is 6.82. The van der Waals surface area contributed by atoms with Gasteiger partial charge in [-0.2, -0.15) is 0 Å². The molecule has 0 saturated carbocycles. The smallest absolute Gasteiger partial charge is 0.101 e. The summed E-state index contributed by atoms with van der Waals surface area (Å²) in [4.78, 5) is 4.88. The van der Waals surface area contributed by atoms with Crippen LogP contribution in [0.2, 0.25) is 5.02 Å². The molecule has 1 aliphatic heterocycles. The van der Waals surface area contributed by atoms with Gasteiger partial charge in [0.1, 0.15) is 5.01 Å². The van der Waals surface area contributed by atoms with Crippen LogP contribution in [0.25, 0.3) is 10.2 Å². The zero-order valence-electron chi connectivity index (χ0n) is 11.2.